The number of rotatable bonds is 5. The van der Waals surface area contributed by atoms with Gasteiger partial charge in [0.2, 0.25) is 5.91 Å². The smallest absolute Gasteiger partial charge is 0.239 e. The monoisotopic (exact) mass is 282 g/mol. The molecule has 1 amide bonds. The summed E-state index contributed by atoms with van der Waals surface area (Å²) in [4.78, 5) is 19.2. The maximum atomic E-state index is 12.1. The third-order valence-corrected chi connectivity index (χ3v) is 3.56. The molecular formula is C16H18N4O. The van der Waals surface area contributed by atoms with E-state index < -0.39 is 0 Å². The molecule has 0 atom stereocenters. The van der Waals surface area contributed by atoms with Crippen LogP contribution in [0.3, 0.4) is 0 Å². The maximum Gasteiger partial charge on any atom is 0.239 e. The number of amides is 1. The number of para-hydroxylation sites is 1. The van der Waals surface area contributed by atoms with Gasteiger partial charge < -0.3 is 14.9 Å². The summed E-state index contributed by atoms with van der Waals surface area (Å²) < 4.78 is 2.04. The fraction of sp³-hybridized carbons (Fsp3) is 0.250. The summed E-state index contributed by atoms with van der Waals surface area (Å²) in [7, 11) is 0. The molecule has 0 aliphatic carbocycles. The van der Waals surface area contributed by atoms with Gasteiger partial charge in [-0.05, 0) is 24.4 Å². The molecule has 108 valence electrons. The molecule has 3 aromatic rings. The molecule has 2 N–H and O–H groups in total. The minimum absolute atomic E-state index is 0.0195. The molecular weight excluding hydrogens is 264 g/mol. The Morgan fingerprint density at radius 1 is 1.38 bits per heavy atom. The summed E-state index contributed by atoms with van der Waals surface area (Å²) in [6.07, 6.45) is 4.21. The quantitative estimate of drug-likeness (QED) is 0.752. The lowest BCUT2D eigenvalue weighted by atomic mass is 10.2. The Morgan fingerprint density at radius 3 is 3.05 bits per heavy atom. The van der Waals surface area contributed by atoms with Crippen LogP contribution in [0.4, 0.5) is 0 Å². The van der Waals surface area contributed by atoms with E-state index in [0.29, 0.717) is 19.5 Å². The van der Waals surface area contributed by atoms with Crippen molar-refractivity contribution in [3.63, 3.8) is 0 Å². The molecule has 0 aliphatic rings. The van der Waals surface area contributed by atoms with E-state index >= 15 is 0 Å². The number of carbonyl (C=O) groups is 1. The molecule has 0 saturated carbocycles. The Bertz CT molecular complexity index is 743. The van der Waals surface area contributed by atoms with Gasteiger partial charge in [-0.15, -0.1) is 0 Å². The Morgan fingerprint density at radius 2 is 2.24 bits per heavy atom. The zero-order chi connectivity index (χ0) is 14.7. The molecule has 0 unspecified atom stereocenters. The predicted molar refractivity (Wildman–Crippen MR) is 82.0 cm³/mol. The second-order valence-electron chi connectivity index (χ2n) is 5.07. The number of benzene rings is 1. The van der Waals surface area contributed by atoms with Crippen molar-refractivity contribution in [2.24, 2.45) is 0 Å². The van der Waals surface area contributed by atoms with Gasteiger partial charge in [-0.2, -0.15) is 0 Å². The van der Waals surface area contributed by atoms with Crippen molar-refractivity contribution in [2.75, 3.05) is 6.54 Å². The van der Waals surface area contributed by atoms with Crippen molar-refractivity contribution in [1.82, 2.24) is 19.9 Å². The summed E-state index contributed by atoms with van der Waals surface area (Å²) in [5.74, 6) is 0.906. The van der Waals surface area contributed by atoms with Gasteiger partial charge >= 0.3 is 0 Å². The number of fused-ring (bicyclic) bond motifs is 1. The number of aromatic amines is 1. The maximum absolute atomic E-state index is 12.1. The fourth-order valence-electron chi connectivity index (χ4n) is 2.51. The summed E-state index contributed by atoms with van der Waals surface area (Å²) in [5.41, 5.74) is 2.19. The molecule has 2 heterocycles. The lowest BCUT2D eigenvalue weighted by molar-refractivity contribution is -0.121. The van der Waals surface area contributed by atoms with Crippen LogP contribution in [-0.2, 0) is 17.8 Å². The second kappa shape index (κ2) is 5.83. The Hall–Kier alpha value is -2.56. The van der Waals surface area contributed by atoms with Crippen LogP contribution in [0.2, 0.25) is 0 Å². The van der Waals surface area contributed by atoms with Crippen molar-refractivity contribution < 1.29 is 4.79 Å². The number of hydrogen-bond donors (Lipinski definition) is 2. The average molecular weight is 282 g/mol. The molecule has 0 aliphatic heterocycles. The second-order valence-corrected chi connectivity index (χ2v) is 5.07. The third kappa shape index (κ3) is 2.97. The van der Waals surface area contributed by atoms with Crippen molar-refractivity contribution >= 4 is 16.8 Å². The first-order valence-electron chi connectivity index (χ1n) is 7.04. The van der Waals surface area contributed by atoms with Gasteiger partial charge in [0.15, 0.2) is 0 Å². The first kappa shape index (κ1) is 13.4. The number of imidazole rings is 1. The van der Waals surface area contributed by atoms with Gasteiger partial charge in [0.05, 0.1) is 0 Å². The fourth-order valence-corrected chi connectivity index (χ4v) is 2.51. The van der Waals surface area contributed by atoms with Crippen molar-refractivity contribution in [3.8, 4) is 0 Å². The van der Waals surface area contributed by atoms with E-state index in [1.165, 1.54) is 5.39 Å². The lowest BCUT2D eigenvalue weighted by Gasteiger charge is -2.09. The van der Waals surface area contributed by atoms with Crippen molar-refractivity contribution in [3.05, 3.63) is 54.2 Å². The number of carbonyl (C=O) groups excluding carboxylic acids is 1. The summed E-state index contributed by atoms with van der Waals surface area (Å²) >= 11 is 0. The summed E-state index contributed by atoms with van der Waals surface area (Å²) in [6.45, 7) is 2.96. The number of hydrogen-bond acceptors (Lipinski definition) is 2. The highest BCUT2D eigenvalue weighted by atomic mass is 16.1. The van der Waals surface area contributed by atoms with Crippen LogP contribution in [0.25, 0.3) is 10.9 Å². The molecule has 0 spiro atoms. The number of H-pyrrole nitrogens is 1. The van der Waals surface area contributed by atoms with Gasteiger partial charge in [-0.3, -0.25) is 4.79 Å². The normalized spacial score (nSPS) is 10.9. The molecule has 2 aromatic heterocycles. The number of nitrogens with one attached hydrogen (secondary N) is 2. The lowest BCUT2D eigenvalue weighted by Crippen LogP contribution is -2.29. The molecule has 21 heavy (non-hydrogen) atoms. The van der Waals surface area contributed by atoms with E-state index in [4.69, 9.17) is 0 Å². The third-order valence-electron chi connectivity index (χ3n) is 3.56. The van der Waals surface area contributed by atoms with E-state index in [-0.39, 0.29) is 5.91 Å². The molecule has 5 nitrogen and oxygen atoms in total. The van der Waals surface area contributed by atoms with Crippen LogP contribution in [0.5, 0.6) is 0 Å². The van der Waals surface area contributed by atoms with E-state index in [1.54, 1.807) is 12.4 Å². The van der Waals surface area contributed by atoms with Crippen LogP contribution >= 0.6 is 0 Å². The summed E-state index contributed by atoms with van der Waals surface area (Å²) in [5, 5.41) is 4.10. The van der Waals surface area contributed by atoms with E-state index in [0.717, 1.165) is 17.0 Å². The Kier molecular flexibility index (Phi) is 3.73. The molecule has 5 heteroatoms. The van der Waals surface area contributed by atoms with Crippen LogP contribution in [0.15, 0.2) is 42.7 Å². The average Bonchev–Trinajstić information content (AvgIpc) is 3.08. The number of nitrogens with zero attached hydrogens (tertiary/aromatic N) is 2. The molecule has 0 fully saturated rings. The van der Waals surface area contributed by atoms with E-state index in [2.05, 4.69) is 27.4 Å². The first-order valence-corrected chi connectivity index (χ1v) is 7.04. The highest BCUT2D eigenvalue weighted by Crippen LogP contribution is 2.18. The van der Waals surface area contributed by atoms with E-state index in [1.807, 2.05) is 29.7 Å². The number of aryl methyl sites for hydroxylation is 1. The highest BCUT2D eigenvalue weighted by molar-refractivity contribution is 5.84. The largest absolute Gasteiger partial charge is 0.354 e. The standard InChI is InChI=1S/C16H18N4O/c1-12-10-13-4-2-3-5-14(13)20(12)11-16(21)19-7-6-15-17-8-9-18-15/h2-5,8-10H,6-7,11H2,1H3,(H,17,18)(H,19,21). The molecule has 1 aromatic carbocycles. The summed E-state index contributed by atoms with van der Waals surface area (Å²) in [6, 6.07) is 10.2. The molecule has 0 saturated heterocycles. The zero-order valence-electron chi connectivity index (χ0n) is 12.0. The van der Waals surface area contributed by atoms with Crippen LogP contribution in [0.1, 0.15) is 11.5 Å². The highest BCUT2D eigenvalue weighted by Gasteiger charge is 2.09. The SMILES string of the molecule is Cc1cc2ccccc2n1CC(=O)NCCc1ncc[nH]1. The number of aromatic nitrogens is 3. The Balaban J connectivity index is 1.62. The van der Waals surface area contributed by atoms with Gasteiger partial charge in [0.1, 0.15) is 12.4 Å². The molecule has 0 bridgehead atoms. The Labute approximate surface area is 123 Å². The van der Waals surface area contributed by atoms with Gasteiger partial charge in [0, 0.05) is 36.6 Å². The van der Waals surface area contributed by atoms with E-state index in [9.17, 15) is 4.79 Å². The van der Waals surface area contributed by atoms with Crippen molar-refractivity contribution in [1.29, 1.82) is 0 Å². The van der Waals surface area contributed by atoms with Crippen LogP contribution < -0.4 is 5.32 Å². The minimum atomic E-state index is 0.0195. The molecule has 3 rings (SSSR count). The minimum Gasteiger partial charge on any atom is -0.354 e. The van der Waals surface area contributed by atoms with Crippen LogP contribution in [-0.4, -0.2) is 27.0 Å². The first-order chi connectivity index (χ1) is 10.2. The van der Waals surface area contributed by atoms with Gasteiger partial charge in [-0.1, -0.05) is 18.2 Å². The van der Waals surface area contributed by atoms with Gasteiger partial charge in [0.25, 0.3) is 0 Å². The zero-order valence-corrected chi connectivity index (χ0v) is 12.0. The topological polar surface area (TPSA) is 62.7 Å². The van der Waals surface area contributed by atoms with Crippen molar-refractivity contribution in [2.45, 2.75) is 19.9 Å². The van der Waals surface area contributed by atoms with Gasteiger partial charge in [-0.25, -0.2) is 4.98 Å². The van der Waals surface area contributed by atoms with Crippen LogP contribution in [0, 0.1) is 6.92 Å². The molecule has 0 radical (unpaired) electrons. The predicted octanol–water partition coefficient (Wildman–Crippen LogP) is 2.03.